The molecule has 0 saturated heterocycles. The number of aliphatic imine (C=N–C) groups is 1. The van der Waals surface area contributed by atoms with E-state index in [9.17, 15) is 0 Å². The van der Waals surface area contributed by atoms with Crippen LogP contribution in [0.15, 0.2) is 19.8 Å². The number of aryl methyl sites for hydroxylation is 1. The van der Waals surface area contributed by atoms with E-state index >= 15 is 0 Å². The van der Waals surface area contributed by atoms with Gasteiger partial charge < -0.3 is 0 Å². The highest BCUT2D eigenvalue weighted by molar-refractivity contribution is 5.81. The Bertz CT molecular complexity index is 353. The van der Waals surface area contributed by atoms with Gasteiger partial charge in [0.1, 0.15) is 11.5 Å². The predicted octanol–water partition coefficient (Wildman–Crippen LogP) is 1.26. The highest BCUT2D eigenvalue weighted by Gasteiger charge is 2.20. The fourth-order valence-corrected chi connectivity index (χ4v) is 0.955. The van der Waals surface area contributed by atoms with Gasteiger partial charge in [-0.25, -0.2) is 9.62 Å². The lowest BCUT2D eigenvalue weighted by atomic mass is 10.3. The summed E-state index contributed by atoms with van der Waals surface area (Å²) in [5.74, 6) is 0.655. The highest BCUT2D eigenvalue weighted by atomic mass is 16.6. The minimum absolute atomic E-state index is 0.351. The molecule has 0 aromatic carbocycles. The van der Waals surface area contributed by atoms with Crippen LogP contribution in [0.2, 0.25) is 0 Å². The molecule has 0 fully saturated rings. The molecular weight excluding hydrogens is 158 g/mol. The quantitative estimate of drug-likeness (QED) is 0.628. The van der Waals surface area contributed by atoms with Crippen LogP contribution in [0.1, 0.15) is 24.5 Å². The monoisotopic (exact) mass is 165 g/mol. The number of amidine groups is 1. The molecule has 1 atom stereocenters. The van der Waals surface area contributed by atoms with Crippen molar-refractivity contribution in [2.24, 2.45) is 15.2 Å². The summed E-state index contributed by atoms with van der Waals surface area (Å²) in [5.41, 5.74) is 1.34. The molecule has 2 heterocycles. The van der Waals surface area contributed by atoms with Crippen LogP contribution >= 0.6 is 0 Å². The van der Waals surface area contributed by atoms with Crippen molar-refractivity contribution in [3.63, 3.8) is 0 Å². The smallest absolute Gasteiger partial charge is 0.210 e. The van der Waals surface area contributed by atoms with Gasteiger partial charge in [-0.05, 0) is 13.8 Å². The van der Waals surface area contributed by atoms with Gasteiger partial charge in [-0.1, -0.05) is 10.3 Å². The molecule has 0 spiro atoms. The minimum Gasteiger partial charge on any atom is -0.244 e. The lowest BCUT2D eigenvalue weighted by molar-refractivity contribution is 0.299. The second-order valence-electron chi connectivity index (χ2n) is 2.50. The molecule has 0 radical (unpaired) electrons. The second kappa shape index (κ2) is 2.47. The van der Waals surface area contributed by atoms with Gasteiger partial charge in [-0.15, -0.1) is 5.11 Å². The van der Waals surface area contributed by atoms with E-state index in [0.717, 1.165) is 0 Å². The lowest BCUT2D eigenvalue weighted by Crippen LogP contribution is -1.92. The first-order chi connectivity index (χ1) is 5.77. The number of azo groups is 1. The Hall–Kier alpha value is -1.59. The first-order valence-corrected chi connectivity index (χ1v) is 3.51. The zero-order chi connectivity index (χ0) is 8.55. The zero-order valence-corrected chi connectivity index (χ0v) is 6.72. The molecule has 62 valence electrons. The van der Waals surface area contributed by atoms with Crippen molar-refractivity contribution in [3.8, 4) is 0 Å². The van der Waals surface area contributed by atoms with E-state index in [1.54, 1.807) is 13.8 Å². The molecule has 0 bridgehead atoms. The zero-order valence-electron chi connectivity index (χ0n) is 6.72. The van der Waals surface area contributed by atoms with E-state index in [-0.39, 0.29) is 6.17 Å². The van der Waals surface area contributed by atoms with Crippen LogP contribution in [0.25, 0.3) is 0 Å². The number of rotatable bonds is 1. The molecular formula is C6H7N5O. The van der Waals surface area contributed by atoms with Crippen molar-refractivity contribution in [1.82, 2.24) is 10.3 Å². The van der Waals surface area contributed by atoms with Crippen molar-refractivity contribution in [1.29, 1.82) is 0 Å². The standard InChI is InChI=1S/C6H7N5O/c1-3-5(11-12-10-3)6-7-4(2)8-9-6/h6H,1-2H3/t6-/m1/s1. The van der Waals surface area contributed by atoms with Gasteiger partial charge in [0.05, 0.1) is 0 Å². The number of nitrogens with zero attached hydrogens (tertiary/aromatic N) is 5. The summed E-state index contributed by atoms with van der Waals surface area (Å²) in [6.45, 7) is 3.58. The Balaban J connectivity index is 2.34. The average molecular weight is 165 g/mol. The first-order valence-electron chi connectivity index (χ1n) is 3.51. The van der Waals surface area contributed by atoms with Gasteiger partial charge in [0.15, 0.2) is 5.69 Å². The van der Waals surface area contributed by atoms with Crippen LogP contribution in [-0.2, 0) is 0 Å². The molecule has 0 saturated carbocycles. The SMILES string of the molecule is CC1=N[C@@H](c2nonc2C)N=N1. The van der Waals surface area contributed by atoms with Crippen LogP contribution in [-0.4, -0.2) is 16.1 Å². The minimum atomic E-state index is -0.351. The largest absolute Gasteiger partial charge is 0.244 e. The Kier molecular flexibility index (Phi) is 1.46. The third-order valence-electron chi connectivity index (χ3n) is 1.55. The molecule has 12 heavy (non-hydrogen) atoms. The van der Waals surface area contributed by atoms with E-state index in [1.807, 2.05) is 0 Å². The van der Waals surface area contributed by atoms with Gasteiger partial charge in [0.2, 0.25) is 6.17 Å². The predicted molar refractivity (Wildman–Crippen MR) is 39.7 cm³/mol. The van der Waals surface area contributed by atoms with Crippen molar-refractivity contribution in [3.05, 3.63) is 11.4 Å². The Labute approximate surface area is 68.4 Å². The average Bonchev–Trinajstić information content (AvgIpc) is 2.58. The summed E-state index contributed by atoms with van der Waals surface area (Å²) in [4.78, 5) is 4.11. The third-order valence-corrected chi connectivity index (χ3v) is 1.55. The highest BCUT2D eigenvalue weighted by Crippen LogP contribution is 2.23. The maximum absolute atomic E-state index is 4.52. The second-order valence-corrected chi connectivity index (χ2v) is 2.50. The summed E-state index contributed by atoms with van der Waals surface area (Å²) >= 11 is 0. The Morgan fingerprint density at radius 2 is 2.08 bits per heavy atom. The third kappa shape index (κ3) is 1.01. The molecule has 1 aromatic rings. The van der Waals surface area contributed by atoms with Gasteiger partial charge in [-0.3, -0.25) is 0 Å². The molecule has 1 aliphatic rings. The van der Waals surface area contributed by atoms with Crippen molar-refractivity contribution >= 4 is 5.84 Å². The van der Waals surface area contributed by atoms with Crippen LogP contribution < -0.4 is 0 Å². The summed E-state index contributed by atoms with van der Waals surface area (Å²) in [6, 6.07) is 0. The molecule has 0 amide bonds. The first kappa shape index (κ1) is 7.08. The Morgan fingerprint density at radius 1 is 1.25 bits per heavy atom. The fraction of sp³-hybridized carbons (Fsp3) is 0.500. The van der Waals surface area contributed by atoms with Crippen LogP contribution in [0, 0.1) is 6.92 Å². The molecule has 6 nitrogen and oxygen atoms in total. The van der Waals surface area contributed by atoms with E-state index in [4.69, 9.17) is 0 Å². The van der Waals surface area contributed by atoms with Crippen LogP contribution in [0.4, 0.5) is 0 Å². The van der Waals surface area contributed by atoms with Gasteiger partial charge >= 0.3 is 0 Å². The van der Waals surface area contributed by atoms with E-state index in [2.05, 4.69) is 30.2 Å². The molecule has 1 aliphatic heterocycles. The molecule has 0 unspecified atom stereocenters. The van der Waals surface area contributed by atoms with Gasteiger partial charge in [-0.2, -0.15) is 5.11 Å². The van der Waals surface area contributed by atoms with E-state index in [0.29, 0.717) is 17.2 Å². The topological polar surface area (TPSA) is 76.0 Å². The van der Waals surface area contributed by atoms with E-state index < -0.39 is 0 Å². The number of hydrogen-bond donors (Lipinski definition) is 0. The molecule has 1 aromatic heterocycles. The summed E-state index contributed by atoms with van der Waals surface area (Å²) < 4.78 is 4.52. The summed E-state index contributed by atoms with van der Waals surface area (Å²) in [6.07, 6.45) is -0.351. The lowest BCUT2D eigenvalue weighted by Gasteiger charge is -1.94. The number of aromatic nitrogens is 2. The molecule has 6 heteroatoms. The molecule has 2 rings (SSSR count). The van der Waals surface area contributed by atoms with Gasteiger partial charge in [0.25, 0.3) is 0 Å². The maximum atomic E-state index is 4.52. The van der Waals surface area contributed by atoms with Crippen LogP contribution in [0.5, 0.6) is 0 Å². The van der Waals surface area contributed by atoms with Crippen LogP contribution in [0.3, 0.4) is 0 Å². The number of hydrogen-bond acceptors (Lipinski definition) is 6. The summed E-state index contributed by atoms with van der Waals surface area (Å²) in [5, 5.41) is 15.0. The van der Waals surface area contributed by atoms with Crippen molar-refractivity contribution in [2.45, 2.75) is 20.0 Å². The normalized spacial score (nSPS) is 21.5. The van der Waals surface area contributed by atoms with E-state index in [1.165, 1.54) is 0 Å². The fourth-order valence-electron chi connectivity index (χ4n) is 0.955. The Morgan fingerprint density at radius 3 is 2.58 bits per heavy atom. The van der Waals surface area contributed by atoms with Crippen molar-refractivity contribution in [2.75, 3.05) is 0 Å². The molecule has 0 N–H and O–H groups in total. The van der Waals surface area contributed by atoms with Crippen molar-refractivity contribution < 1.29 is 4.63 Å². The van der Waals surface area contributed by atoms with Gasteiger partial charge in [0, 0.05) is 0 Å². The summed E-state index contributed by atoms with van der Waals surface area (Å²) in [7, 11) is 0. The molecule has 0 aliphatic carbocycles. The maximum Gasteiger partial charge on any atom is 0.210 e.